The van der Waals surface area contributed by atoms with Gasteiger partial charge < -0.3 is 20.8 Å². The molecule has 4 N–H and O–H groups in total. The molecule has 1 fully saturated rings. The molecule has 1 amide bonds. The van der Waals surface area contributed by atoms with Gasteiger partial charge in [-0.15, -0.1) is 0 Å². The van der Waals surface area contributed by atoms with E-state index in [1.165, 1.54) is 6.07 Å². The van der Waals surface area contributed by atoms with E-state index in [0.717, 1.165) is 19.3 Å². The van der Waals surface area contributed by atoms with Gasteiger partial charge >= 0.3 is 0 Å². The van der Waals surface area contributed by atoms with E-state index in [-0.39, 0.29) is 17.7 Å². The molecule has 2 atom stereocenters. The maximum atomic E-state index is 10.9. The normalized spacial score (nSPS) is 21.8. The molecule has 0 bridgehead atoms. The molecule has 1 aromatic heterocycles. The number of hydrogen-bond acceptors (Lipinski definition) is 4. The molecule has 7 heteroatoms. The highest BCUT2D eigenvalue weighted by atomic mass is 16.3. The van der Waals surface area contributed by atoms with Crippen LogP contribution in [0.15, 0.2) is 21.5 Å². The number of hydrogen-bond donors (Lipinski definition) is 3. The fraction of sp³-hybridized carbons (Fsp3) is 0.500. The minimum atomic E-state index is -0.591. The molecule has 1 heterocycles. The van der Waals surface area contributed by atoms with Gasteiger partial charge in [-0.1, -0.05) is 0 Å². The smallest absolute Gasteiger partial charge is 0.284 e. The van der Waals surface area contributed by atoms with Crippen LogP contribution in [0.3, 0.4) is 0 Å². The Kier molecular flexibility index (Phi) is 4.82. The predicted molar refractivity (Wildman–Crippen MR) is 77.3 cm³/mol. The van der Waals surface area contributed by atoms with E-state index >= 15 is 0 Å². The summed E-state index contributed by atoms with van der Waals surface area (Å²) in [7, 11) is 1.67. The lowest BCUT2D eigenvalue weighted by Gasteiger charge is -2.18. The van der Waals surface area contributed by atoms with Crippen LogP contribution in [-0.2, 0) is 6.54 Å². The van der Waals surface area contributed by atoms with Crippen LogP contribution in [0.2, 0.25) is 0 Å². The van der Waals surface area contributed by atoms with Gasteiger partial charge in [0.05, 0.1) is 18.5 Å². The maximum absolute atomic E-state index is 10.9. The summed E-state index contributed by atoms with van der Waals surface area (Å²) in [5.41, 5.74) is 5.13. The number of primary amides is 1. The molecule has 1 aliphatic carbocycles. The summed E-state index contributed by atoms with van der Waals surface area (Å²) in [4.78, 5) is 15.1. The average molecular weight is 289 g/mol. The lowest BCUT2D eigenvalue weighted by Crippen LogP contribution is -2.44. The molecule has 0 radical (unpaired) electrons. The molecule has 21 heavy (non-hydrogen) atoms. The van der Waals surface area contributed by atoms with E-state index < -0.39 is 5.91 Å². The fourth-order valence-corrected chi connectivity index (χ4v) is 2.43. The number of carbonyl (C=O) groups excluding carboxylic acids is 1. The van der Waals surface area contributed by atoms with Crippen molar-refractivity contribution in [2.24, 2.45) is 16.6 Å². The van der Waals surface area contributed by atoms with Gasteiger partial charge in [-0.05, 0) is 31.4 Å². The van der Waals surface area contributed by atoms with Gasteiger partial charge in [-0.2, -0.15) is 5.26 Å². The van der Waals surface area contributed by atoms with Gasteiger partial charge in [0.25, 0.3) is 5.91 Å². The lowest BCUT2D eigenvalue weighted by molar-refractivity contribution is 0.0972. The third kappa shape index (κ3) is 3.75. The van der Waals surface area contributed by atoms with Gasteiger partial charge in [-0.25, -0.2) is 0 Å². The number of furan rings is 1. The largest absolute Gasteiger partial charge is 0.454 e. The van der Waals surface area contributed by atoms with Gasteiger partial charge in [-0.3, -0.25) is 9.79 Å². The van der Waals surface area contributed by atoms with Crippen LogP contribution in [0.4, 0.5) is 0 Å². The maximum Gasteiger partial charge on any atom is 0.284 e. The monoisotopic (exact) mass is 289 g/mol. The number of nitrogens with one attached hydrogen (secondary N) is 2. The van der Waals surface area contributed by atoms with Crippen LogP contribution in [0.25, 0.3) is 0 Å². The zero-order chi connectivity index (χ0) is 15.2. The summed E-state index contributed by atoms with van der Waals surface area (Å²) >= 11 is 0. The number of aliphatic imine (C=N–C) groups is 1. The summed E-state index contributed by atoms with van der Waals surface area (Å²) in [5.74, 6) is 0.768. The molecule has 0 aromatic carbocycles. The van der Waals surface area contributed by atoms with E-state index in [1.807, 2.05) is 0 Å². The molecule has 112 valence electrons. The van der Waals surface area contributed by atoms with Crippen LogP contribution in [-0.4, -0.2) is 25.0 Å². The third-order valence-corrected chi connectivity index (χ3v) is 3.56. The first-order chi connectivity index (χ1) is 10.1. The van der Waals surface area contributed by atoms with Crippen molar-refractivity contribution >= 4 is 11.9 Å². The number of nitriles is 1. The van der Waals surface area contributed by atoms with Crippen LogP contribution in [0, 0.1) is 17.2 Å². The van der Waals surface area contributed by atoms with Crippen molar-refractivity contribution in [2.75, 3.05) is 7.05 Å². The van der Waals surface area contributed by atoms with Crippen molar-refractivity contribution in [3.05, 3.63) is 23.7 Å². The van der Waals surface area contributed by atoms with Crippen molar-refractivity contribution in [3.8, 4) is 6.07 Å². The molecular formula is C14H19N5O2. The fourth-order valence-electron chi connectivity index (χ4n) is 2.43. The molecule has 1 aliphatic rings. The van der Waals surface area contributed by atoms with Crippen LogP contribution >= 0.6 is 0 Å². The first-order valence-corrected chi connectivity index (χ1v) is 6.89. The molecule has 1 saturated carbocycles. The Morgan fingerprint density at radius 3 is 3.00 bits per heavy atom. The van der Waals surface area contributed by atoms with Crippen LogP contribution in [0.1, 0.15) is 35.6 Å². The Morgan fingerprint density at radius 1 is 1.57 bits per heavy atom. The Bertz CT molecular complexity index is 572. The Balaban J connectivity index is 1.88. The van der Waals surface area contributed by atoms with E-state index in [0.29, 0.717) is 18.3 Å². The molecule has 2 unspecified atom stereocenters. The summed E-state index contributed by atoms with van der Waals surface area (Å²) in [6.07, 6.45) is 2.93. The number of nitrogens with zero attached hydrogens (tertiary/aromatic N) is 2. The second-order valence-electron chi connectivity index (χ2n) is 4.97. The first-order valence-electron chi connectivity index (χ1n) is 6.89. The van der Waals surface area contributed by atoms with E-state index in [2.05, 4.69) is 21.7 Å². The lowest BCUT2D eigenvalue weighted by atomic mass is 10.1. The minimum Gasteiger partial charge on any atom is -0.454 e. The SMILES string of the molecule is CN=C(NCc1ccc(C(N)=O)o1)NC1CCCC1C#N. The second-order valence-corrected chi connectivity index (χ2v) is 4.97. The molecule has 0 spiro atoms. The Morgan fingerprint density at radius 2 is 2.38 bits per heavy atom. The third-order valence-electron chi connectivity index (χ3n) is 3.56. The standard InChI is InChI=1S/C14H19N5O2/c1-17-14(19-11-4-2-3-9(11)7-15)18-8-10-5-6-12(21-10)13(16)20/h5-6,9,11H,2-4,8H2,1H3,(H2,16,20)(H2,17,18,19). The highest BCUT2D eigenvalue weighted by Crippen LogP contribution is 2.24. The predicted octanol–water partition coefficient (Wildman–Crippen LogP) is 0.736. The highest BCUT2D eigenvalue weighted by Gasteiger charge is 2.27. The average Bonchev–Trinajstić information content (AvgIpc) is 3.12. The molecule has 0 saturated heterocycles. The molecular weight excluding hydrogens is 270 g/mol. The number of nitrogens with two attached hydrogens (primary N) is 1. The van der Waals surface area contributed by atoms with E-state index in [4.69, 9.17) is 15.4 Å². The van der Waals surface area contributed by atoms with Crippen molar-refractivity contribution in [3.63, 3.8) is 0 Å². The van der Waals surface area contributed by atoms with Crippen molar-refractivity contribution in [2.45, 2.75) is 31.8 Å². The topological polar surface area (TPSA) is 116 Å². The number of carbonyl (C=O) groups is 1. The van der Waals surface area contributed by atoms with Crippen molar-refractivity contribution in [1.29, 1.82) is 5.26 Å². The summed E-state index contributed by atoms with van der Waals surface area (Å²) in [5, 5.41) is 15.4. The number of guanidine groups is 1. The zero-order valence-electron chi connectivity index (χ0n) is 11.9. The van der Waals surface area contributed by atoms with Crippen molar-refractivity contribution < 1.29 is 9.21 Å². The van der Waals surface area contributed by atoms with Gasteiger partial charge in [0.1, 0.15) is 5.76 Å². The minimum absolute atomic E-state index is 0.0219. The van der Waals surface area contributed by atoms with Crippen molar-refractivity contribution in [1.82, 2.24) is 10.6 Å². The Labute approximate surface area is 123 Å². The summed E-state index contributed by atoms with van der Waals surface area (Å²) in [6, 6.07) is 5.67. The van der Waals surface area contributed by atoms with Crippen LogP contribution < -0.4 is 16.4 Å². The quantitative estimate of drug-likeness (QED) is 0.558. The number of rotatable bonds is 4. The summed E-state index contributed by atoms with van der Waals surface area (Å²) in [6.45, 7) is 0.386. The van der Waals surface area contributed by atoms with E-state index in [9.17, 15) is 4.79 Å². The first kappa shape index (κ1) is 14.9. The van der Waals surface area contributed by atoms with Gasteiger partial charge in [0, 0.05) is 13.1 Å². The van der Waals surface area contributed by atoms with Gasteiger partial charge in [0.2, 0.25) is 0 Å². The molecule has 0 aliphatic heterocycles. The Hall–Kier alpha value is -2.49. The molecule has 1 aromatic rings. The van der Waals surface area contributed by atoms with Gasteiger partial charge in [0.15, 0.2) is 11.7 Å². The highest BCUT2D eigenvalue weighted by molar-refractivity contribution is 5.89. The number of amides is 1. The molecule has 2 rings (SSSR count). The zero-order valence-corrected chi connectivity index (χ0v) is 11.9. The molecule has 7 nitrogen and oxygen atoms in total. The second kappa shape index (κ2) is 6.79. The summed E-state index contributed by atoms with van der Waals surface area (Å²) < 4.78 is 5.28. The van der Waals surface area contributed by atoms with E-state index in [1.54, 1.807) is 13.1 Å². The van der Waals surface area contributed by atoms with Crippen LogP contribution in [0.5, 0.6) is 0 Å².